The highest BCUT2D eigenvalue weighted by Crippen LogP contribution is 2.22. The summed E-state index contributed by atoms with van der Waals surface area (Å²) in [6.45, 7) is -0.345. The van der Waals surface area contributed by atoms with Gasteiger partial charge in [0.15, 0.2) is 0 Å². The number of anilines is 1. The quantitative estimate of drug-likeness (QED) is 0.785. The van der Waals surface area contributed by atoms with Crippen molar-refractivity contribution in [3.05, 3.63) is 47.3 Å². The van der Waals surface area contributed by atoms with Crippen LogP contribution in [0.3, 0.4) is 0 Å². The highest BCUT2D eigenvalue weighted by atomic mass is 32.2. The summed E-state index contributed by atoms with van der Waals surface area (Å²) in [5.41, 5.74) is 0. The molecule has 0 aliphatic rings. The fourth-order valence-corrected chi connectivity index (χ4v) is 3.84. The van der Waals surface area contributed by atoms with E-state index in [0.29, 0.717) is 9.88 Å². The van der Waals surface area contributed by atoms with Crippen molar-refractivity contribution in [2.75, 3.05) is 26.0 Å². The van der Waals surface area contributed by atoms with Crippen molar-refractivity contribution in [3.63, 3.8) is 0 Å². The Labute approximate surface area is 143 Å². The Morgan fingerprint density at radius 3 is 2.46 bits per heavy atom. The van der Waals surface area contributed by atoms with E-state index in [9.17, 15) is 18.0 Å². The molecule has 24 heavy (non-hydrogen) atoms. The summed E-state index contributed by atoms with van der Waals surface area (Å²) in [5, 5.41) is 3.00. The first-order chi connectivity index (χ1) is 11.3. The molecule has 2 rings (SSSR count). The molecule has 1 aromatic carbocycles. The highest BCUT2D eigenvalue weighted by Gasteiger charge is 2.23. The van der Waals surface area contributed by atoms with Crippen molar-refractivity contribution < 1.29 is 22.7 Å². The first-order valence-electron chi connectivity index (χ1n) is 6.84. The van der Waals surface area contributed by atoms with E-state index < -0.39 is 21.9 Å². The number of carbonyl (C=O) groups excluding carboxylic acids is 2. The number of rotatable bonds is 6. The minimum Gasteiger partial charge on any atom is -0.465 e. The van der Waals surface area contributed by atoms with E-state index in [1.54, 1.807) is 24.3 Å². The van der Waals surface area contributed by atoms with Crippen LogP contribution < -0.4 is 5.32 Å². The Hall–Kier alpha value is -2.23. The van der Waals surface area contributed by atoms with Crippen LogP contribution in [0.25, 0.3) is 0 Å². The SMILES string of the molecule is COC(=O)c1ccc(NC(=O)CN(C)S(=O)(=O)c2ccccc2)s1. The zero-order valence-electron chi connectivity index (χ0n) is 13.1. The summed E-state index contributed by atoms with van der Waals surface area (Å²) in [6.07, 6.45) is 0. The van der Waals surface area contributed by atoms with Crippen LogP contribution >= 0.6 is 11.3 Å². The lowest BCUT2D eigenvalue weighted by Gasteiger charge is -2.16. The first-order valence-corrected chi connectivity index (χ1v) is 9.09. The van der Waals surface area contributed by atoms with E-state index in [0.717, 1.165) is 15.6 Å². The van der Waals surface area contributed by atoms with Gasteiger partial charge in [0.2, 0.25) is 15.9 Å². The number of nitrogens with zero attached hydrogens (tertiary/aromatic N) is 1. The minimum absolute atomic E-state index is 0.115. The second kappa shape index (κ2) is 7.56. The van der Waals surface area contributed by atoms with Gasteiger partial charge in [0.05, 0.1) is 23.6 Å². The monoisotopic (exact) mass is 368 g/mol. The molecule has 7 nitrogen and oxygen atoms in total. The second-order valence-electron chi connectivity index (χ2n) is 4.78. The first kappa shape index (κ1) is 18.1. The van der Waals surface area contributed by atoms with E-state index in [1.807, 2.05) is 0 Å². The van der Waals surface area contributed by atoms with Gasteiger partial charge in [-0.1, -0.05) is 18.2 Å². The predicted molar refractivity (Wildman–Crippen MR) is 90.5 cm³/mol. The number of sulfonamides is 1. The molecule has 9 heteroatoms. The summed E-state index contributed by atoms with van der Waals surface area (Å²) >= 11 is 1.05. The fraction of sp³-hybridized carbons (Fsp3) is 0.200. The second-order valence-corrected chi connectivity index (χ2v) is 7.91. The molecule has 0 saturated heterocycles. The molecule has 1 heterocycles. The lowest BCUT2D eigenvalue weighted by atomic mass is 10.4. The molecule has 0 saturated carbocycles. The Kier molecular flexibility index (Phi) is 5.71. The van der Waals surface area contributed by atoms with Crippen molar-refractivity contribution in [3.8, 4) is 0 Å². The molecule has 0 aliphatic heterocycles. The molecule has 0 bridgehead atoms. The van der Waals surface area contributed by atoms with E-state index in [4.69, 9.17) is 0 Å². The smallest absolute Gasteiger partial charge is 0.348 e. The number of carbonyl (C=O) groups is 2. The normalized spacial score (nSPS) is 11.3. The number of esters is 1. The van der Waals surface area contributed by atoms with Gasteiger partial charge in [-0.15, -0.1) is 11.3 Å². The van der Waals surface area contributed by atoms with Gasteiger partial charge in [-0.3, -0.25) is 4.79 Å². The van der Waals surface area contributed by atoms with E-state index >= 15 is 0 Å². The summed E-state index contributed by atoms with van der Waals surface area (Å²) < 4.78 is 30.2. The third-order valence-electron chi connectivity index (χ3n) is 3.07. The molecule has 0 fully saturated rings. The van der Waals surface area contributed by atoms with Crippen molar-refractivity contribution in [2.45, 2.75) is 4.90 Å². The molecule has 0 atom stereocenters. The molecule has 128 valence electrons. The topological polar surface area (TPSA) is 92.8 Å². The molecular weight excluding hydrogens is 352 g/mol. The van der Waals surface area contributed by atoms with E-state index in [2.05, 4.69) is 10.1 Å². The Bertz CT molecular complexity index is 831. The van der Waals surface area contributed by atoms with Gasteiger partial charge < -0.3 is 10.1 Å². The standard InChI is InChI=1S/C15H16N2O5S2/c1-17(24(20,21)11-6-4-3-5-7-11)10-13(18)16-14-9-8-12(23-14)15(19)22-2/h3-9H,10H2,1-2H3,(H,16,18). The highest BCUT2D eigenvalue weighted by molar-refractivity contribution is 7.89. The molecule has 0 unspecified atom stereocenters. The Morgan fingerprint density at radius 2 is 1.83 bits per heavy atom. The van der Waals surface area contributed by atoms with Crippen LogP contribution in [-0.2, 0) is 19.6 Å². The molecule has 0 spiro atoms. The van der Waals surface area contributed by atoms with E-state index in [-0.39, 0.29) is 11.4 Å². The van der Waals surface area contributed by atoms with Crippen molar-refractivity contribution >= 4 is 38.2 Å². The van der Waals surface area contributed by atoms with Crippen LogP contribution in [0.5, 0.6) is 0 Å². The zero-order valence-corrected chi connectivity index (χ0v) is 14.7. The van der Waals surface area contributed by atoms with E-state index in [1.165, 1.54) is 32.4 Å². The molecule has 1 aromatic heterocycles. The largest absolute Gasteiger partial charge is 0.465 e. The average Bonchev–Trinajstić information content (AvgIpc) is 3.03. The van der Waals surface area contributed by atoms with Crippen LogP contribution in [0.1, 0.15) is 9.67 Å². The predicted octanol–water partition coefficient (Wildman–Crippen LogP) is 1.79. The van der Waals surface area contributed by atoms with Crippen molar-refractivity contribution in [1.82, 2.24) is 4.31 Å². The molecular formula is C15H16N2O5S2. The van der Waals surface area contributed by atoms with Gasteiger partial charge >= 0.3 is 5.97 Å². The number of benzene rings is 1. The molecule has 1 amide bonds. The van der Waals surface area contributed by atoms with Crippen LogP contribution in [0, 0.1) is 0 Å². The third-order valence-corrected chi connectivity index (χ3v) is 5.87. The number of methoxy groups -OCH3 is 1. The number of ether oxygens (including phenoxy) is 1. The number of likely N-dealkylation sites (N-methyl/N-ethyl adjacent to an activating group) is 1. The fourth-order valence-electron chi connectivity index (χ4n) is 1.85. The molecule has 0 radical (unpaired) electrons. The summed E-state index contributed by atoms with van der Waals surface area (Å²) in [4.78, 5) is 23.9. The average molecular weight is 368 g/mol. The van der Waals surface area contributed by atoms with Crippen molar-refractivity contribution in [1.29, 1.82) is 0 Å². The van der Waals surface area contributed by atoms with Gasteiger partial charge in [0, 0.05) is 7.05 Å². The van der Waals surface area contributed by atoms with Gasteiger partial charge in [0.25, 0.3) is 0 Å². The summed E-state index contributed by atoms with van der Waals surface area (Å²) in [6, 6.07) is 10.9. The maximum absolute atomic E-state index is 12.3. The Morgan fingerprint density at radius 1 is 1.17 bits per heavy atom. The van der Waals surface area contributed by atoms with Crippen LogP contribution in [0.4, 0.5) is 5.00 Å². The number of amides is 1. The maximum atomic E-state index is 12.3. The van der Waals surface area contributed by atoms with Crippen LogP contribution in [0.2, 0.25) is 0 Å². The molecule has 2 aromatic rings. The zero-order chi connectivity index (χ0) is 17.7. The number of nitrogens with one attached hydrogen (secondary N) is 1. The van der Waals surface area contributed by atoms with Crippen LogP contribution in [-0.4, -0.2) is 45.3 Å². The lowest BCUT2D eigenvalue weighted by molar-refractivity contribution is -0.116. The van der Waals surface area contributed by atoms with Gasteiger partial charge in [-0.25, -0.2) is 13.2 Å². The summed E-state index contributed by atoms with van der Waals surface area (Å²) in [7, 11) is -1.14. The molecule has 1 N–H and O–H groups in total. The molecule has 0 aliphatic carbocycles. The maximum Gasteiger partial charge on any atom is 0.348 e. The van der Waals surface area contributed by atoms with Gasteiger partial charge in [-0.2, -0.15) is 4.31 Å². The number of thiophene rings is 1. The number of hydrogen-bond acceptors (Lipinski definition) is 6. The summed E-state index contributed by atoms with van der Waals surface area (Å²) in [5.74, 6) is -1.00. The number of hydrogen-bond donors (Lipinski definition) is 1. The Balaban J connectivity index is 2.02. The van der Waals surface area contributed by atoms with Crippen molar-refractivity contribution in [2.24, 2.45) is 0 Å². The minimum atomic E-state index is -3.74. The van der Waals surface area contributed by atoms with Gasteiger partial charge in [-0.05, 0) is 24.3 Å². The lowest BCUT2D eigenvalue weighted by Crippen LogP contribution is -2.34. The van der Waals surface area contributed by atoms with Gasteiger partial charge in [0.1, 0.15) is 4.88 Å². The van der Waals surface area contributed by atoms with Crippen LogP contribution in [0.15, 0.2) is 47.4 Å². The third kappa shape index (κ3) is 4.19.